The Morgan fingerprint density at radius 1 is 1.38 bits per heavy atom. The van der Waals surface area contributed by atoms with Crippen molar-refractivity contribution in [3.05, 3.63) is 0 Å². The minimum Gasteiger partial charge on any atom is -0.453 e. The Morgan fingerprint density at radius 2 is 2.08 bits per heavy atom. The predicted octanol–water partition coefficient (Wildman–Crippen LogP) is 0.0741. The van der Waals surface area contributed by atoms with Gasteiger partial charge in [0.15, 0.2) is 5.78 Å². The number of carbonyl (C=O) groups excluding carboxylic acids is 2. The summed E-state index contributed by atoms with van der Waals surface area (Å²) in [6.07, 6.45) is 1.28. The number of unbranched alkanes of at least 4 members (excludes halogenated alkanes) is 1. The minimum absolute atomic E-state index is 0.168. The van der Waals surface area contributed by atoms with Crippen LogP contribution >= 0.6 is 0 Å². The summed E-state index contributed by atoms with van der Waals surface area (Å²) in [4.78, 5) is 21.1. The third-order valence-corrected chi connectivity index (χ3v) is 1.51. The van der Waals surface area contributed by atoms with Crippen molar-refractivity contribution in [2.75, 3.05) is 20.3 Å². The third kappa shape index (κ3) is 7.27. The Labute approximate surface area is 77.1 Å². The number of ketones is 1. The zero-order chi connectivity index (χ0) is 10.1. The molecule has 2 N–H and O–H groups in total. The smallest absolute Gasteiger partial charge is 0.406 e. The Balaban J connectivity index is 3.17. The SMILES string of the molecule is COC(=O)NCCCCC(=O)CO. The molecule has 0 saturated heterocycles. The van der Waals surface area contributed by atoms with E-state index in [4.69, 9.17) is 5.11 Å². The van der Waals surface area contributed by atoms with Crippen LogP contribution in [0.1, 0.15) is 19.3 Å². The molecular weight excluding hydrogens is 174 g/mol. The summed E-state index contributed by atoms with van der Waals surface area (Å²) in [5.74, 6) is -0.168. The van der Waals surface area contributed by atoms with Gasteiger partial charge in [-0.15, -0.1) is 0 Å². The first-order valence-corrected chi connectivity index (χ1v) is 4.15. The van der Waals surface area contributed by atoms with Gasteiger partial charge < -0.3 is 15.2 Å². The molecule has 0 fully saturated rings. The summed E-state index contributed by atoms with van der Waals surface area (Å²) >= 11 is 0. The Bertz CT molecular complexity index is 152. The second kappa shape index (κ2) is 7.54. The van der Waals surface area contributed by atoms with E-state index in [0.717, 1.165) is 0 Å². The van der Waals surface area contributed by atoms with Gasteiger partial charge in [-0.05, 0) is 12.8 Å². The van der Waals surface area contributed by atoms with Crippen molar-refractivity contribution in [3.63, 3.8) is 0 Å². The molecule has 0 heterocycles. The van der Waals surface area contributed by atoms with Crippen LogP contribution in [0.3, 0.4) is 0 Å². The summed E-state index contributed by atoms with van der Waals surface area (Å²) in [6, 6.07) is 0. The second-order valence-corrected chi connectivity index (χ2v) is 2.57. The van der Waals surface area contributed by atoms with E-state index in [1.165, 1.54) is 7.11 Å². The molecule has 0 unspecified atom stereocenters. The van der Waals surface area contributed by atoms with E-state index in [9.17, 15) is 9.59 Å². The van der Waals surface area contributed by atoms with Crippen LogP contribution < -0.4 is 5.32 Å². The van der Waals surface area contributed by atoms with Gasteiger partial charge in [-0.3, -0.25) is 4.79 Å². The van der Waals surface area contributed by atoms with Crippen molar-refractivity contribution < 1.29 is 19.4 Å². The molecule has 0 spiro atoms. The number of rotatable bonds is 6. The quantitative estimate of drug-likeness (QED) is 0.580. The number of amides is 1. The molecule has 0 bridgehead atoms. The predicted molar refractivity (Wildman–Crippen MR) is 46.4 cm³/mol. The lowest BCUT2D eigenvalue weighted by molar-refractivity contribution is -0.121. The van der Waals surface area contributed by atoms with Gasteiger partial charge in [0.1, 0.15) is 6.61 Å². The first kappa shape index (κ1) is 11.9. The van der Waals surface area contributed by atoms with Crippen molar-refractivity contribution in [1.29, 1.82) is 0 Å². The van der Waals surface area contributed by atoms with Gasteiger partial charge in [0.05, 0.1) is 7.11 Å². The number of hydrogen-bond donors (Lipinski definition) is 2. The van der Waals surface area contributed by atoms with Gasteiger partial charge in [0.2, 0.25) is 0 Å². The summed E-state index contributed by atoms with van der Waals surface area (Å²) in [7, 11) is 1.30. The fourth-order valence-corrected chi connectivity index (χ4v) is 0.789. The number of ether oxygens (including phenoxy) is 1. The van der Waals surface area contributed by atoms with Crippen LogP contribution in [-0.4, -0.2) is 37.2 Å². The van der Waals surface area contributed by atoms with Gasteiger partial charge >= 0.3 is 6.09 Å². The molecule has 0 radical (unpaired) electrons. The number of methoxy groups -OCH3 is 1. The third-order valence-electron chi connectivity index (χ3n) is 1.51. The summed E-state index contributed by atoms with van der Waals surface area (Å²) in [6.45, 7) is 0.0931. The zero-order valence-corrected chi connectivity index (χ0v) is 7.71. The molecule has 13 heavy (non-hydrogen) atoms. The first-order chi connectivity index (χ1) is 6.20. The minimum atomic E-state index is -0.464. The molecule has 76 valence electrons. The highest BCUT2D eigenvalue weighted by atomic mass is 16.5. The summed E-state index contributed by atoms with van der Waals surface area (Å²) < 4.78 is 4.34. The lowest BCUT2D eigenvalue weighted by Crippen LogP contribution is -2.24. The van der Waals surface area contributed by atoms with Crippen LogP contribution in [-0.2, 0) is 9.53 Å². The van der Waals surface area contributed by atoms with E-state index in [1.54, 1.807) is 0 Å². The average Bonchev–Trinajstić information content (AvgIpc) is 2.16. The van der Waals surface area contributed by atoms with E-state index in [0.29, 0.717) is 25.8 Å². The van der Waals surface area contributed by atoms with Crippen molar-refractivity contribution in [2.24, 2.45) is 0 Å². The molecule has 5 heteroatoms. The Morgan fingerprint density at radius 3 is 2.62 bits per heavy atom. The highest BCUT2D eigenvalue weighted by Gasteiger charge is 2.00. The van der Waals surface area contributed by atoms with Crippen LogP contribution in [0, 0.1) is 0 Å². The topological polar surface area (TPSA) is 75.6 Å². The van der Waals surface area contributed by atoms with E-state index < -0.39 is 12.7 Å². The summed E-state index contributed by atoms with van der Waals surface area (Å²) in [5.41, 5.74) is 0. The maximum absolute atomic E-state index is 10.6. The van der Waals surface area contributed by atoms with Gasteiger partial charge in [-0.25, -0.2) is 4.79 Å². The number of Topliss-reactive ketones (excluding diaryl/α,β-unsaturated/α-hetero) is 1. The zero-order valence-electron chi connectivity index (χ0n) is 7.71. The lowest BCUT2D eigenvalue weighted by Gasteiger charge is -2.02. The van der Waals surface area contributed by atoms with Gasteiger partial charge in [0, 0.05) is 13.0 Å². The standard InChI is InChI=1S/C8H15NO4/c1-13-8(12)9-5-3-2-4-7(11)6-10/h10H,2-6H2,1H3,(H,9,12). The normalized spacial score (nSPS) is 9.38. The number of aliphatic hydroxyl groups excluding tert-OH is 1. The molecule has 0 aromatic carbocycles. The highest BCUT2D eigenvalue weighted by Crippen LogP contribution is 1.94. The van der Waals surface area contributed by atoms with Crippen LogP contribution in [0.2, 0.25) is 0 Å². The molecule has 0 aliphatic heterocycles. The first-order valence-electron chi connectivity index (χ1n) is 4.15. The maximum Gasteiger partial charge on any atom is 0.406 e. The molecule has 0 aromatic heterocycles. The maximum atomic E-state index is 10.6. The number of hydrogen-bond acceptors (Lipinski definition) is 4. The van der Waals surface area contributed by atoms with E-state index in [2.05, 4.69) is 10.1 Å². The van der Waals surface area contributed by atoms with Crippen LogP contribution in [0.4, 0.5) is 4.79 Å². The Kier molecular flexibility index (Phi) is 6.91. The number of aliphatic hydroxyl groups is 1. The summed E-state index contributed by atoms with van der Waals surface area (Å²) in [5, 5.41) is 10.9. The number of alkyl carbamates (subject to hydrolysis) is 1. The van der Waals surface area contributed by atoms with E-state index in [-0.39, 0.29) is 5.78 Å². The van der Waals surface area contributed by atoms with Gasteiger partial charge in [-0.2, -0.15) is 0 Å². The molecule has 0 saturated carbocycles. The molecular formula is C8H15NO4. The van der Waals surface area contributed by atoms with Crippen molar-refractivity contribution >= 4 is 11.9 Å². The van der Waals surface area contributed by atoms with Gasteiger partial charge in [0.25, 0.3) is 0 Å². The molecule has 0 rings (SSSR count). The molecule has 0 aliphatic rings. The molecule has 0 aromatic rings. The van der Waals surface area contributed by atoms with Crippen LogP contribution in [0.25, 0.3) is 0 Å². The molecule has 0 aliphatic carbocycles. The monoisotopic (exact) mass is 189 g/mol. The van der Waals surface area contributed by atoms with E-state index in [1.807, 2.05) is 0 Å². The average molecular weight is 189 g/mol. The second-order valence-electron chi connectivity index (χ2n) is 2.57. The Hall–Kier alpha value is -1.10. The highest BCUT2D eigenvalue weighted by molar-refractivity contribution is 5.79. The fourth-order valence-electron chi connectivity index (χ4n) is 0.789. The number of nitrogens with one attached hydrogen (secondary N) is 1. The van der Waals surface area contributed by atoms with Gasteiger partial charge in [-0.1, -0.05) is 0 Å². The van der Waals surface area contributed by atoms with Crippen molar-refractivity contribution in [2.45, 2.75) is 19.3 Å². The van der Waals surface area contributed by atoms with E-state index >= 15 is 0 Å². The molecule has 1 amide bonds. The number of carbonyl (C=O) groups is 2. The molecule has 0 atom stereocenters. The lowest BCUT2D eigenvalue weighted by atomic mass is 10.2. The molecule has 5 nitrogen and oxygen atoms in total. The largest absolute Gasteiger partial charge is 0.453 e. The fraction of sp³-hybridized carbons (Fsp3) is 0.750. The van der Waals surface area contributed by atoms with Crippen molar-refractivity contribution in [1.82, 2.24) is 5.32 Å². The van der Waals surface area contributed by atoms with Crippen molar-refractivity contribution in [3.8, 4) is 0 Å². The van der Waals surface area contributed by atoms with Crippen LogP contribution in [0.15, 0.2) is 0 Å². The van der Waals surface area contributed by atoms with Crippen LogP contribution in [0.5, 0.6) is 0 Å².